The number of carbonyl (C=O) groups excluding carboxylic acids is 2. The number of amides is 2. The molecule has 2 N–H and O–H groups in total. The number of benzene rings is 1. The number of rotatable bonds is 4. The Morgan fingerprint density at radius 2 is 2.15 bits per heavy atom. The van der Waals surface area contributed by atoms with Gasteiger partial charge in [0.15, 0.2) is 0 Å². The van der Waals surface area contributed by atoms with Crippen LogP contribution in [0.2, 0.25) is 0 Å². The molecule has 0 aromatic heterocycles. The van der Waals surface area contributed by atoms with Gasteiger partial charge in [0.2, 0.25) is 5.91 Å². The van der Waals surface area contributed by atoms with E-state index in [1.54, 1.807) is 6.07 Å². The Morgan fingerprint density at radius 3 is 2.80 bits per heavy atom. The molecule has 0 saturated carbocycles. The zero-order chi connectivity index (χ0) is 14.5. The fourth-order valence-electron chi connectivity index (χ4n) is 1.97. The first-order valence-corrected chi connectivity index (χ1v) is 6.17. The molecule has 0 bridgehead atoms. The van der Waals surface area contributed by atoms with E-state index in [-0.39, 0.29) is 23.3 Å². The Hall–Kier alpha value is -2.18. The largest absolute Gasteiger partial charge is 0.434 e. The zero-order valence-electron chi connectivity index (χ0n) is 10.6. The van der Waals surface area contributed by atoms with Crippen molar-refractivity contribution in [1.82, 2.24) is 10.6 Å². The van der Waals surface area contributed by atoms with Crippen LogP contribution in [0.4, 0.5) is 8.78 Å². The predicted octanol–water partition coefficient (Wildman–Crippen LogP) is 1.30. The monoisotopic (exact) mass is 284 g/mol. The number of alkyl halides is 2. The first-order valence-electron chi connectivity index (χ1n) is 6.17. The normalized spacial score (nSPS) is 18.6. The molecule has 1 unspecified atom stereocenters. The second-order valence-electron chi connectivity index (χ2n) is 4.39. The van der Waals surface area contributed by atoms with Gasteiger partial charge in [-0.1, -0.05) is 12.1 Å². The highest BCUT2D eigenvalue weighted by molar-refractivity contribution is 5.97. The van der Waals surface area contributed by atoms with E-state index in [1.807, 2.05) is 0 Å². The molecule has 1 aromatic rings. The SMILES string of the molecule is O=C1CCC(NC(=O)c2ccccc2OC(F)F)CN1. The van der Waals surface area contributed by atoms with Crippen LogP contribution >= 0.6 is 0 Å². The van der Waals surface area contributed by atoms with Crippen LogP contribution in [0.1, 0.15) is 23.2 Å². The zero-order valence-corrected chi connectivity index (χ0v) is 10.6. The van der Waals surface area contributed by atoms with Crippen LogP contribution < -0.4 is 15.4 Å². The summed E-state index contributed by atoms with van der Waals surface area (Å²) >= 11 is 0. The van der Waals surface area contributed by atoms with Crippen LogP contribution in [0.3, 0.4) is 0 Å². The summed E-state index contributed by atoms with van der Waals surface area (Å²) in [5.74, 6) is -0.723. The summed E-state index contributed by atoms with van der Waals surface area (Å²) in [6.45, 7) is -2.65. The maximum atomic E-state index is 12.3. The molecule has 20 heavy (non-hydrogen) atoms. The minimum Gasteiger partial charge on any atom is -0.434 e. The summed E-state index contributed by atoms with van der Waals surface area (Å²) in [7, 11) is 0. The quantitative estimate of drug-likeness (QED) is 0.875. The first-order chi connectivity index (χ1) is 9.56. The van der Waals surface area contributed by atoms with Gasteiger partial charge in [-0.3, -0.25) is 9.59 Å². The Labute approximate surface area is 114 Å². The van der Waals surface area contributed by atoms with E-state index in [0.717, 1.165) is 0 Å². The number of halogens is 2. The van der Waals surface area contributed by atoms with Crippen LogP contribution in [-0.2, 0) is 4.79 Å². The minimum atomic E-state index is -2.99. The van der Waals surface area contributed by atoms with E-state index < -0.39 is 12.5 Å². The highest BCUT2D eigenvalue weighted by atomic mass is 19.3. The standard InChI is InChI=1S/C13H14F2N2O3/c14-13(15)20-10-4-2-1-3-9(10)12(19)17-8-5-6-11(18)16-7-8/h1-4,8,13H,5-7H2,(H,16,18)(H,17,19). The molecule has 1 aliphatic rings. The lowest BCUT2D eigenvalue weighted by Crippen LogP contribution is -2.47. The molecule has 108 valence electrons. The van der Waals surface area contributed by atoms with E-state index in [0.29, 0.717) is 19.4 Å². The molecule has 1 aromatic carbocycles. The van der Waals surface area contributed by atoms with E-state index in [4.69, 9.17) is 0 Å². The molecule has 7 heteroatoms. The van der Waals surface area contributed by atoms with Gasteiger partial charge in [0.1, 0.15) is 5.75 Å². The molecular formula is C13H14F2N2O3. The van der Waals surface area contributed by atoms with Gasteiger partial charge in [-0.05, 0) is 18.6 Å². The second kappa shape index (κ2) is 6.31. The van der Waals surface area contributed by atoms with Crippen molar-refractivity contribution in [1.29, 1.82) is 0 Å². The van der Waals surface area contributed by atoms with Crippen LogP contribution in [0, 0.1) is 0 Å². The lowest BCUT2D eigenvalue weighted by molar-refractivity contribution is -0.122. The second-order valence-corrected chi connectivity index (χ2v) is 4.39. The molecule has 2 amide bonds. The van der Waals surface area contributed by atoms with Gasteiger partial charge >= 0.3 is 6.61 Å². The fraction of sp³-hybridized carbons (Fsp3) is 0.385. The average Bonchev–Trinajstić information content (AvgIpc) is 2.41. The smallest absolute Gasteiger partial charge is 0.387 e. The fourth-order valence-corrected chi connectivity index (χ4v) is 1.97. The van der Waals surface area contributed by atoms with Crippen LogP contribution in [-0.4, -0.2) is 31.0 Å². The molecule has 0 radical (unpaired) electrons. The molecule has 1 saturated heterocycles. The molecular weight excluding hydrogens is 270 g/mol. The lowest BCUT2D eigenvalue weighted by atomic mass is 10.1. The Kier molecular flexibility index (Phi) is 4.49. The van der Waals surface area contributed by atoms with Crippen molar-refractivity contribution in [3.05, 3.63) is 29.8 Å². The number of hydrogen-bond donors (Lipinski definition) is 2. The van der Waals surface area contributed by atoms with E-state index in [1.165, 1.54) is 18.2 Å². The predicted molar refractivity (Wildman–Crippen MR) is 66.6 cm³/mol. The van der Waals surface area contributed by atoms with Crippen molar-refractivity contribution in [2.75, 3.05) is 6.54 Å². The van der Waals surface area contributed by atoms with Crippen molar-refractivity contribution in [3.63, 3.8) is 0 Å². The number of ether oxygens (including phenoxy) is 1. The van der Waals surface area contributed by atoms with Crippen molar-refractivity contribution in [2.24, 2.45) is 0 Å². The molecule has 2 rings (SSSR count). The van der Waals surface area contributed by atoms with Gasteiger partial charge in [-0.15, -0.1) is 0 Å². The summed E-state index contributed by atoms with van der Waals surface area (Å²) in [4.78, 5) is 23.1. The van der Waals surface area contributed by atoms with E-state index >= 15 is 0 Å². The topological polar surface area (TPSA) is 67.4 Å². The van der Waals surface area contributed by atoms with Gasteiger partial charge in [-0.25, -0.2) is 0 Å². The number of para-hydroxylation sites is 1. The minimum absolute atomic E-state index is 0.0460. The number of hydrogen-bond acceptors (Lipinski definition) is 3. The van der Waals surface area contributed by atoms with Gasteiger partial charge in [0, 0.05) is 19.0 Å². The van der Waals surface area contributed by atoms with Crippen LogP contribution in [0.15, 0.2) is 24.3 Å². The number of piperidine rings is 1. The third kappa shape index (κ3) is 3.66. The lowest BCUT2D eigenvalue weighted by Gasteiger charge is -2.23. The highest BCUT2D eigenvalue weighted by Crippen LogP contribution is 2.20. The maximum absolute atomic E-state index is 12.3. The van der Waals surface area contributed by atoms with Gasteiger partial charge in [-0.2, -0.15) is 8.78 Å². The third-order valence-corrected chi connectivity index (χ3v) is 2.95. The van der Waals surface area contributed by atoms with Crippen molar-refractivity contribution < 1.29 is 23.1 Å². The van der Waals surface area contributed by atoms with Crippen molar-refractivity contribution in [2.45, 2.75) is 25.5 Å². The first kappa shape index (κ1) is 14.2. The van der Waals surface area contributed by atoms with Gasteiger partial charge in [0.25, 0.3) is 5.91 Å². The Morgan fingerprint density at radius 1 is 1.40 bits per heavy atom. The summed E-state index contributed by atoms with van der Waals surface area (Å²) in [6, 6.07) is 5.59. The Bertz CT molecular complexity index is 498. The van der Waals surface area contributed by atoms with E-state index in [9.17, 15) is 18.4 Å². The van der Waals surface area contributed by atoms with Crippen molar-refractivity contribution >= 4 is 11.8 Å². The summed E-state index contributed by atoms with van der Waals surface area (Å²) in [5, 5.41) is 5.32. The number of carbonyl (C=O) groups is 2. The molecule has 1 aliphatic heterocycles. The van der Waals surface area contributed by atoms with Crippen molar-refractivity contribution in [3.8, 4) is 5.75 Å². The Balaban J connectivity index is 2.03. The van der Waals surface area contributed by atoms with E-state index in [2.05, 4.69) is 15.4 Å². The summed E-state index contributed by atoms with van der Waals surface area (Å²) < 4.78 is 28.8. The van der Waals surface area contributed by atoms with Crippen LogP contribution in [0.5, 0.6) is 5.75 Å². The molecule has 1 fully saturated rings. The summed E-state index contributed by atoms with van der Waals surface area (Å²) in [5.41, 5.74) is 0.0460. The average molecular weight is 284 g/mol. The maximum Gasteiger partial charge on any atom is 0.387 e. The molecule has 5 nitrogen and oxygen atoms in total. The van der Waals surface area contributed by atoms with Crippen LogP contribution in [0.25, 0.3) is 0 Å². The van der Waals surface area contributed by atoms with Gasteiger partial charge in [0.05, 0.1) is 5.56 Å². The number of nitrogens with one attached hydrogen (secondary N) is 2. The van der Waals surface area contributed by atoms with Gasteiger partial charge < -0.3 is 15.4 Å². The molecule has 1 heterocycles. The summed E-state index contributed by atoms with van der Waals surface area (Å²) in [6.07, 6.45) is 0.857. The molecule has 0 spiro atoms. The molecule has 0 aliphatic carbocycles. The third-order valence-electron chi connectivity index (χ3n) is 2.95. The molecule has 1 atom stereocenters. The highest BCUT2D eigenvalue weighted by Gasteiger charge is 2.22.